The van der Waals surface area contributed by atoms with Crippen LogP contribution in [0.2, 0.25) is 0 Å². The van der Waals surface area contributed by atoms with E-state index in [0.717, 1.165) is 27.7 Å². The lowest BCUT2D eigenvalue weighted by molar-refractivity contribution is 1.47. The third-order valence-electron chi connectivity index (χ3n) is 5.29. The van der Waals surface area contributed by atoms with Crippen molar-refractivity contribution in [1.82, 2.24) is 0 Å². The number of hydrogen-bond acceptors (Lipinski definition) is 2. The topological polar surface area (TPSA) is 52.0 Å². The van der Waals surface area contributed by atoms with E-state index in [1.807, 2.05) is 6.07 Å². The summed E-state index contributed by atoms with van der Waals surface area (Å²) in [6, 6.07) is 23.2. The van der Waals surface area contributed by atoms with Gasteiger partial charge in [-0.3, -0.25) is 0 Å². The molecule has 0 radical (unpaired) electrons. The van der Waals surface area contributed by atoms with Crippen LogP contribution in [0.4, 0.5) is 11.4 Å². The van der Waals surface area contributed by atoms with E-state index in [2.05, 4.69) is 67.6 Å². The van der Waals surface area contributed by atoms with Crippen LogP contribution >= 0.6 is 0 Å². The van der Waals surface area contributed by atoms with E-state index in [9.17, 15) is 0 Å². The minimum atomic E-state index is 0.809. The minimum Gasteiger partial charge on any atom is -0.398 e. The molecule has 2 heteroatoms. The Hall–Kier alpha value is -3.26. The van der Waals surface area contributed by atoms with Gasteiger partial charge in [-0.25, -0.2) is 0 Å². The molecule has 2 nitrogen and oxygen atoms in total. The number of benzene rings is 5. The SMILES string of the molecule is Cc1ccccc1-c1cc2ccc3c(N)ccc4ccc(c1N)c2c43. The molecule has 0 saturated carbocycles. The molecule has 0 aliphatic heterocycles. The van der Waals surface area contributed by atoms with Crippen LogP contribution < -0.4 is 11.5 Å². The Kier molecular flexibility index (Phi) is 2.75. The maximum Gasteiger partial charge on any atom is 0.0474 e. The van der Waals surface area contributed by atoms with E-state index < -0.39 is 0 Å². The molecule has 0 amide bonds. The summed E-state index contributed by atoms with van der Waals surface area (Å²) in [7, 11) is 0. The fraction of sp³-hybridized carbons (Fsp3) is 0.0435. The van der Waals surface area contributed by atoms with Crippen molar-refractivity contribution in [2.45, 2.75) is 6.92 Å². The van der Waals surface area contributed by atoms with Crippen molar-refractivity contribution < 1.29 is 0 Å². The Morgan fingerprint density at radius 1 is 0.640 bits per heavy atom. The zero-order valence-corrected chi connectivity index (χ0v) is 14.0. The average Bonchev–Trinajstić information content (AvgIpc) is 2.63. The summed E-state index contributed by atoms with van der Waals surface area (Å²) in [5.74, 6) is 0. The Balaban J connectivity index is 1.99. The van der Waals surface area contributed by atoms with Crippen molar-refractivity contribution >= 4 is 43.7 Å². The predicted octanol–water partition coefficient (Wildman–Crippen LogP) is 5.72. The van der Waals surface area contributed by atoms with Crippen molar-refractivity contribution in [3.05, 3.63) is 72.3 Å². The van der Waals surface area contributed by atoms with Crippen molar-refractivity contribution in [2.24, 2.45) is 0 Å². The Morgan fingerprint density at radius 3 is 2.16 bits per heavy atom. The van der Waals surface area contributed by atoms with Crippen molar-refractivity contribution in [3.8, 4) is 11.1 Å². The maximum atomic E-state index is 6.64. The molecule has 0 atom stereocenters. The van der Waals surface area contributed by atoms with Gasteiger partial charge in [-0.15, -0.1) is 0 Å². The zero-order chi connectivity index (χ0) is 17.1. The number of nitrogens with two attached hydrogens (primary N) is 2. The van der Waals surface area contributed by atoms with E-state index >= 15 is 0 Å². The molecule has 5 rings (SSSR count). The van der Waals surface area contributed by atoms with E-state index in [4.69, 9.17) is 11.5 Å². The molecule has 0 fully saturated rings. The van der Waals surface area contributed by atoms with Gasteiger partial charge >= 0.3 is 0 Å². The van der Waals surface area contributed by atoms with Crippen molar-refractivity contribution in [1.29, 1.82) is 0 Å². The minimum absolute atomic E-state index is 0.809. The third-order valence-corrected chi connectivity index (χ3v) is 5.29. The predicted molar refractivity (Wildman–Crippen MR) is 109 cm³/mol. The largest absolute Gasteiger partial charge is 0.398 e. The lowest BCUT2D eigenvalue weighted by atomic mass is 9.88. The molecule has 0 saturated heterocycles. The zero-order valence-electron chi connectivity index (χ0n) is 14.0. The number of rotatable bonds is 1. The first kappa shape index (κ1) is 14.1. The molecular weight excluding hydrogens is 304 g/mol. The molecule has 120 valence electrons. The van der Waals surface area contributed by atoms with Gasteiger partial charge in [-0.2, -0.15) is 0 Å². The number of hydrogen-bond donors (Lipinski definition) is 2. The summed E-state index contributed by atoms with van der Waals surface area (Å²) < 4.78 is 0. The lowest BCUT2D eigenvalue weighted by Gasteiger charge is -2.17. The first-order chi connectivity index (χ1) is 12.1. The van der Waals surface area contributed by atoms with Crippen LogP contribution in [0.3, 0.4) is 0 Å². The van der Waals surface area contributed by atoms with Gasteiger partial charge in [0, 0.05) is 27.7 Å². The second-order valence-corrected chi connectivity index (χ2v) is 6.73. The van der Waals surface area contributed by atoms with Gasteiger partial charge in [-0.05, 0) is 51.7 Å². The van der Waals surface area contributed by atoms with Gasteiger partial charge in [-0.1, -0.05) is 54.6 Å². The summed E-state index contributed by atoms with van der Waals surface area (Å²) in [5.41, 5.74) is 18.0. The highest BCUT2D eigenvalue weighted by Gasteiger charge is 2.15. The molecule has 25 heavy (non-hydrogen) atoms. The first-order valence-electron chi connectivity index (χ1n) is 8.46. The van der Waals surface area contributed by atoms with E-state index in [0.29, 0.717) is 0 Å². The molecule has 0 spiro atoms. The molecule has 5 aromatic carbocycles. The van der Waals surface area contributed by atoms with E-state index in [-0.39, 0.29) is 0 Å². The Labute approximate surface area is 146 Å². The molecule has 0 aliphatic carbocycles. The first-order valence-corrected chi connectivity index (χ1v) is 8.46. The van der Waals surface area contributed by atoms with Gasteiger partial charge in [0.15, 0.2) is 0 Å². The van der Waals surface area contributed by atoms with Gasteiger partial charge in [0.05, 0.1) is 0 Å². The van der Waals surface area contributed by atoms with Gasteiger partial charge in [0.1, 0.15) is 0 Å². The fourth-order valence-corrected chi connectivity index (χ4v) is 4.02. The molecule has 0 aromatic heterocycles. The van der Waals surface area contributed by atoms with Crippen LogP contribution in [-0.2, 0) is 0 Å². The van der Waals surface area contributed by atoms with Crippen LogP contribution in [0, 0.1) is 6.92 Å². The van der Waals surface area contributed by atoms with Gasteiger partial charge in [0.2, 0.25) is 0 Å². The van der Waals surface area contributed by atoms with Gasteiger partial charge in [0.25, 0.3) is 0 Å². The molecule has 0 heterocycles. The molecule has 5 aromatic rings. The summed E-state index contributed by atoms with van der Waals surface area (Å²) in [6.45, 7) is 2.12. The highest BCUT2D eigenvalue weighted by molar-refractivity contribution is 6.28. The lowest BCUT2D eigenvalue weighted by Crippen LogP contribution is -1.96. The van der Waals surface area contributed by atoms with Crippen molar-refractivity contribution in [3.63, 3.8) is 0 Å². The Morgan fingerprint density at radius 2 is 1.32 bits per heavy atom. The van der Waals surface area contributed by atoms with Crippen LogP contribution in [-0.4, -0.2) is 0 Å². The normalized spacial score (nSPS) is 11.7. The van der Waals surface area contributed by atoms with Crippen LogP contribution in [0.15, 0.2) is 66.7 Å². The van der Waals surface area contributed by atoms with E-state index in [1.54, 1.807) is 0 Å². The molecule has 0 unspecified atom stereocenters. The number of anilines is 2. The quantitative estimate of drug-likeness (QED) is 0.306. The third kappa shape index (κ3) is 1.85. The standard InChI is InChI=1S/C23H18N2/c1-13-4-2-3-5-16(13)19-12-15-7-9-17-20(24)11-8-14-6-10-18(23(19)25)22(15)21(14)17/h2-12H,24-25H2,1H3. The summed E-state index contributed by atoms with van der Waals surface area (Å²) in [6.07, 6.45) is 0. The molecule has 0 bridgehead atoms. The molecule has 4 N–H and O–H groups in total. The molecule has 0 aliphatic rings. The van der Waals surface area contributed by atoms with E-state index in [1.165, 1.54) is 32.7 Å². The second-order valence-electron chi connectivity index (χ2n) is 6.73. The smallest absolute Gasteiger partial charge is 0.0474 e. The fourth-order valence-electron chi connectivity index (χ4n) is 4.02. The van der Waals surface area contributed by atoms with Crippen molar-refractivity contribution in [2.75, 3.05) is 11.5 Å². The van der Waals surface area contributed by atoms with Gasteiger partial charge < -0.3 is 11.5 Å². The number of nitrogen functional groups attached to an aromatic ring is 2. The van der Waals surface area contributed by atoms with Crippen LogP contribution in [0.25, 0.3) is 43.4 Å². The summed E-state index contributed by atoms with van der Waals surface area (Å²) >= 11 is 0. The molecular formula is C23H18N2. The average molecular weight is 322 g/mol. The summed E-state index contributed by atoms with van der Waals surface area (Å²) in [5, 5.41) is 7.00. The van der Waals surface area contributed by atoms with Crippen LogP contribution in [0.5, 0.6) is 0 Å². The van der Waals surface area contributed by atoms with Crippen LogP contribution in [0.1, 0.15) is 5.56 Å². The summed E-state index contributed by atoms with van der Waals surface area (Å²) in [4.78, 5) is 0. The highest BCUT2D eigenvalue weighted by atomic mass is 14.6. The highest BCUT2D eigenvalue weighted by Crippen LogP contribution is 2.43. The monoisotopic (exact) mass is 322 g/mol. The second kappa shape index (κ2) is 4.87. The number of aryl methyl sites for hydroxylation is 1. The maximum absolute atomic E-state index is 6.64. The Bertz CT molecular complexity index is 1270.